The number of hydrogen-bond donors (Lipinski definition) is 1. The fourth-order valence-corrected chi connectivity index (χ4v) is 3.24. The van der Waals surface area contributed by atoms with E-state index in [-0.39, 0.29) is 5.92 Å². The monoisotopic (exact) mass is 154 g/mol. The van der Waals surface area contributed by atoms with Crippen LogP contribution in [0.15, 0.2) is 0 Å². The van der Waals surface area contributed by atoms with Gasteiger partial charge in [0.2, 0.25) is 0 Å². The zero-order valence-corrected chi connectivity index (χ0v) is 8.13. The van der Waals surface area contributed by atoms with Crippen LogP contribution in [0.4, 0.5) is 0 Å². The molecule has 0 amide bonds. The highest BCUT2D eigenvalue weighted by Crippen LogP contribution is 2.46. The van der Waals surface area contributed by atoms with Crippen LogP contribution < -0.4 is 0 Å². The van der Waals surface area contributed by atoms with Gasteiger partial charge in [-0.1, -0.05) is 0 Å². The summed E-state index contributed by atoms with van der Waals surface area (Å²) in [5, 5.41) is 9.71. The van der Waals surface area contributed by atoms with Crippen molar-refractivity contribution in [2.24, 2.45) is 11.8 Å². The molecule has 0 aromatic rings. The maximum absolute atomic E-state index is 11.0. The predicted octanol–water partition coefficient (Wildman–Crippen LogP) is -0.693. The van der Waals surface area contributed by atoms with Crippen LogP contribution in [0.25, 0.3) is 0 Å². The molecule has 3 atom stereocenters. The SMILES string of the molecule is O=C1CC2CC1C[C]2(O)[AlH2]. The average Bonchev–Trinajstić information content (AvgIpc) is 2.21. The third kappa shape index (κ3) is 0.781. The Morgan fingerprint density at radius 1 is 1.70 bits per heavy atom. The number of carbonyl (C=O) groups is 1. The van der Waals surface area contributed by atoms with Crippen molar-refractivity contribution in [2.75, 3.05) is 0 Å². The fraction of sp³-hybridized carbons (Fsp3) is 0.857. The topological polar surface area (TPSA) is 37.3 Å². The maximum Gasteiger partial charge on any atom is 0.264 e. The Morgan fingerprint density at radius 3 is 2.70 bits per heavy atom. The highest BCUT2D eigenvalue weighted by atomic mass is 27.0. The summed E-state index contributed by atoms with van der Waals surface area (Å²) in [6.07, 6.45) is 2.40. The van der Waals surface area contributed by atoms with Crippen LogP contribution >= 0.6 is 0 Å². The van der Waals surface area contributed by atoms with Crippen molar-refractivity contribution in [3.05, 3.63) is 0 Å². The van der Waals surface area contributed by atoms with E-state index in [0.717, 1.165) is 29.1 Å². The zero-order chi connectivity index (χ0) is 7.35. The first kappa shape index (κ1) is 6.85. The molecule has 2 aliphatic carbocycles. The Labute approximate surface area is 68.0 Å². The second-order valence-corrected chi connectivity index (χ2v) is 5.59. The molecule has 0 spiro atoms. The number of carbonyl (C=O) groups excluding carboxylic acids is 1. The van der Waals surface area contributed by atoms with Crippen LogP contribution in [0.1, 0.15) is 19.3 Å². The molecule has 0 radical (unpaired) electrons. The summed E-state index contributed by atoms with van der Waals surface area (Å²) in [4.78, 5) is 11.0. The quantitative estimate of drug-likeness (QED) is 0.469. The van der Waals surface area contributed by atoms with Gasteiger partial charge in [0.25, 0.3) is 16.3 Å². The lowest BCUT2D eigenvalue weighted by Crippen LogP contribution is -2.37. The first-order chi connectivity index (χ1) is 4.59. The number of ketones is 1. The molecule has 3 unspecified atom stereocenters. The summed E-state index contributed by atoms with van der Waals surface area (Å²) in [6.45, 7) is 0. The average molecular weight is 154 g/mol. The molecule has 2 aliphatic rings. The molecule has 2 saturated carbocycles. The van der Waals surface area contributed by atoms with Crippen LogP contribution in [0.2, 0.25) is 0 Å². The van der Waals surface area contributed by atoms with E-state index in [1.54, 1.807) is 0 Å². The first-order valence-electron chi connectivity index (χ1n) is 3.85. The molecule has 0 saturated heterocycles. The van der Waals surface area contributed by atoms with E-state index < -0.39 is 4.46 Å². The predicted molar refractivity (Wildman–Crippen MR) is 39.3 cm³/mol. The van der Waals surface area contributed by atoms with Crippen LogP contribution in [0.3, 0.4) is 0 Å². The summed E-state index contributed by atoms with van der Waals surface area (Å²) in [7, 11) is 0. The minimum Gasteiger partial charge on any atom is -0.406 e. The summed E-state index contributed by atoms with van der Waals surface area (Å²) in [5.41, 5.74) is 0. The van der Waals surface area contributed by atoms with Crippen molar-refractivity contribution in [1.82, 2.24) is 0 Å². The van der Waals surface area contributed by atoms with Gasteiger partial charge in [-0.3, -0.25) is 4.79 Å². The highest BCUT2D eigenvalue weighted by molar-refractivity contribution is 6.15. The Morgan fingerprint density at radius 2 is 2.40 bits per heavy atom. The lowest BCUT2D eigenvalue weighted by atomic mass is 9.96. The smallest absolute Gasteiger partial charge is 0.264 e. The second kappa shape index (κ2) is 1.85. The van der Waals surface area contributed by atoms with Crippen molar-refractivity contribution in [1.29, 1.82) is 0 Å². The Kier molecular flexibility index (Phi) is 1.27. The van der Waals surface area contributed by atoms with Gasteiger partial charge in [0.05, 0.1) is 0 Å². The molecule has 1 N–H and O–H groups in total. The normalized spacial score (nSPS) is 52.3. The van der Waals surface area contributed by atoms with Gasteiger partial charge in [-0.25, -0.2) is 0 Å². The minimum absolute atomic E-state index is 0.229. The molecule has 2 rings (SSSR count). The lowest BCUT2D eigenvalue weighted by molar-refractivity contribution is -0.124. The van der Waals surface area contributed by atoms with Gasteiger partial charge >= 0.3 is 0 Å². The third-order valence-electron chi connectivity index (χ3n) is 3.01. The van der Waals surface area contributed by atoms with E-state index in [1.165, 1.54) is 0 Å². The zero-order valence-electron chi connectivity index (χ0n) is 6.13. The van der Waals surface area contributed by atoms with Crippen LogP contribution in [0, 0.1) is 11.8 Å². The van der Waals surface area contributed by atoms with Crippen LogP contribution in [0.5, 0.6) is 0 Å². The van der Waals surface area contributed by atoms with Gasteiger partial charge in [-0.2, -0.15) is 0 Å². The Balaban J connectivity index is 2.24. The van der Waals surface area contributed by atoms with Crippen molar-refractivity contribution in [3.8, 4) is 0 Å². The lowest BCUT2D eigenvalue weighted by Gasteiger charge is -2.27. The van der Waals surface area contributed by atoms with Crippen LogP contribution in [-0.4, -0.2) is 31.6 Å². The molecule has 0 aromatic heterocycles. The van der Waals surface area contributed by atoms with Gasteiger partial charge in [-0.05, 0) is 18.8 Å². The summed E-state index contributed by atoms with van der Waals surface area (Å²) in [6, 6.07) is 0. The van der Waals surface area contributed by atoms with E-state index in [1.807, 2.05) is 0 Å². The summed E-state index contributed by atoms with van der Waals surface area (Å²) < 4.78 is -0.390. The largest absolute Gasteiger partial charge is 0.406 e. The number of Topliss-reactive ketones (excluding diaryl/α,β-unsaturated/α-hetero) is 1. The van der Waals surface area contributed by atoms with Gasteiger partial charge in [-0.15, -0.1) is 0 Å². The second-order valence-electron chi connectivity index (χ2n) is 3.86. The number of aliphatic hydroxyl groups is 1. The summed E-state index contributed by atoms with van der Waals surface area (Å²) >= 11 is 0.830. The molecule has 2 fully saturated rings. The molecule has 54 valence electrons. The van der Waals surface area contributed by atoms with Gasteiger partial charge in [0.1, 0.15) is 5.78 Å². The molecule has 2 nitrogen and oxygen atoms in total. The van der Waals surface area contributed by atoms with E-state index in [9.17, 15) is 9.90 Å². The molecule has 2 bridgehead atoms. The fourth-order valence-electron chi connectivity index (χ4n) is 2.30. The van der Waals surface area contributed by atoms with Gasteiger partial charge in [0.15, 0.2) is 0 Å². The van der Waals surface area contributed by atoms with E-state index in [0.29, 0.717) is 18.1 Å². The molecular weight excluding hydrogens is 143 g/mol. The molecular formula is C7H11AlO2. The van der Waals surface area contributed by atoms with E-state index >= 15 is 0 Å². The van der Waals surface area contributed by atoms with Crippen molar-refractivity contribution in [3.63, 3.8) is 0 Å². The summed E-state index contributed by atoms with van der Waals surface area (Å²) in [5.74, 6) is 0.953. The highest BCUT2D eigenvalue weighted by Gasteiger charge is 2.50. The molecule has 0 aliphatic heterocycles. The number of hydrogen-bond acceptors (Lipinski definition) is 2. The van der Waals surface area contributed by atoms with Crippen molar-refractivity contribution < 1.29 is 9.90 Å². The number of fused-ring (bicyclic) bond motifs is 2. The Bertz CT molecular complexity index is 188. The molecule has 0 heterocycles. The number of rotatable bonds is 0. The van der Waals surface area contributed by atoms with Crippen molar-refractivity contribution in [2.45, 2.75) is 23.7 Å². The first-order valence-corrected chi connectivity index (χ1v) is 4.85. The van der Waals surface area contributed by atoms with Gasteiger partial charge in [0, 0.05) is 16.8 Å². The molecule has 10 heavy (non-hydrogen) atoms. The third-order valence-corrected chi connectivity index (χ3v) is 4.24. The standard InChI is InChI=1S/C7H9O2.Al.2H/c8-6-2-4-1-5(6)3-7(4)9;;;/h4-5,8H,1-3H2;;;. The minimum atomic E-state index is -0.390. The molecule has 0 aromatic carbocycles. The molecule has 3 heteroatoms. The van der Waals surface area contributed by atoms with E-state index in [2.05, 4.69) is 0 Å². The van der Waals surface area contributed by atoms with Crippen molar-refractivity contribution >= 4 is 22.1 Å². The van der Waals surface area contributed by atoms with E-state index in [4.69, 9.17) is 0 Å². The van der Waals surface area contributed by atoms with Gasteiger partial charge < -0.3 is 5.11 Å². The van der Waals surface area contributed by atoms with Crippen LogP contribution in [-0.2, 0) is 4.79 Å². The maximum atomic E-state index is 11.0. The Hall–Kier alpha value is 0.162.